The second kappa shape index (κ2) is 7.97. The fourth-order valence-corrected chi connectivity index (χ4v) is 0.823. The van der Waals surface area contributed by atoms with Crippen molar-refractivity contribution < 1.29 is 14.6 Å². The predicted octanol–water partition coefficient (Wildman–Crippen LogP) is -1.28. The van der Waals surface area contributed by atoms with Crippen LogP contribution in [-0.2, 0) is 9.53 Å². The second-order valence-corrected chi connectivity index (χ2v) is 2.63. The predicted molar refractivity (Wildman–Crippen MR) is 49.4 cm³/mol. The molecule has 0 rings (SSSR count). The van der Waals surface area contributed by atoms with E-state index in [1.165, 1.54) is 0 Å². The summed E-state index contributed by atoms with van der Waals surface area (Å²) in [5, 5.41) is 13.9. The van der Waals surface area contributed by atoms with Gasteiger partial charge < -0.3 is 20.5 Å². The number of rotatable bonds is 7. The highest BCUT2D eigenvalue weighted by atomic mass is 16.5. The molecule has 13 heavy (non-hydrogen) atoms. The molecular formula is C8H18N2O3. The van der Waals surface area contributed by atoms with Gasteiger partial charge >= 0.3 is 0 Å². The Hall–Kier alpha value is -0.650. The van der Waals surface area contributed by atoms with Crippen LogP contribution in [0.3, 0.4) is 0 Å². The Bertz CT molecular complexity index is 141. The number of hydrogen-bond acceptors (Lipinski definition) is 4. The van der Waals surface area contributed by atoms with Gasteiger partial charge in [0.25, 0.3) is 0 Å². The molecule has 0 fully saturated rings. The molecule has 5 nitrogen and oxygen atoms in total. The summed E-state index contributed by atoms with van der Waals surface area (Å²) in [6.07, 6.45) is 0. The van der Waals surface area contributed by atoms with Crippen LogP contribution in [0.2, 0.25) is 0 Å². The van der Waals surface area contributed by atoms with Gasteiger partial charge in [0.2, 0.25) is 5.91 Å². The van der Waals surface area contributed by atoms with Gasteiger partial charge in [0.1, 0.15) is 0 Å². The third-order valence-electron chi connectivity index (χ3n) is 1.57. The highest BCUT2D eigenvalue weighted by Crippen LogP contribution is 1.80. The molecule has 5 heteroatoms. The number of likely N-dealkylation sites (N-methyl/N-ethyl adjacent to an activating group) is 1. The van der Waals surface area contributed by atoms with Crippen molar-refractivity contribution in [2.24, 2.45) is 0 Å². The smallest absolute Gasteiger partial charge is 0.236 e. The largest absolute Gasteiger partial charge is 0.394 e. The number of amides is 1. The van der Waals surface area contributed by atoms with Crippen LogP contribution in [0.25, 0.3) is 0 Å². The van der Waals surface area contributed by atoms with Gasteiger partial charge in [-0.15, -0.1) is 0 Å². The van der Waals surface area contributed by atoms with Crippen LogP contribution in [0.4, 0.5) is 0 Å². The van der Waals surface area contributed by atoms with Crippen LogP contribution in [0.5, 0.6) is 0 Å². The van der Waals surface area contributed by atoms with Gasteiger partial charge in [-0.25, -0.2) is 0 Å². The van der Waals surface area contributed by atoms with Gasteiger partial charge in [-0.1, -0.05) is 0 Å². The van der Waals surface area contributed by atoms with Crippen LogP contribution in [0.1, 0.15) is 6.92 Å². The molecule has 0 saturated heterocycles. The Balaban J connectivity index is 3.26. The van der Waals surface area contributed by atoms with E-state index in [9.17, 15) is 4.79 Å². The summed E-state index contributed by atoms with van der Waals surface area (Å²) in [4.78, 5) is 11.0. The van der Waals surface area contributed by atoms with Gasteiger partial charge in [0.15, 0.2) is 0 Å². The Morgan fingerprint density at radius 1 is 1.54 bits per heavy atom. The van der Waals surface area contributed by atoms with Gasteiger partial charge in [-0.2, -0.15) is 0 Å². The number of nitrogens with one attached hydrogen (secondary N) is 2. The maximum Gasteiger partial charge on any atom is 0.236 e. The van der Waals surface area contributed by atoms with Crippen LogP contribution in [0, 0.1) is 0 Å². The summed E-state index contributed by atoms with van der Waals surface area (Å²) in [5.41, 5.74) is 0. The summed E-state index contributed by atoms with van der Waals surface area (Å²) < 4.78 is 5.00. The molecule has 0 spiro atoms. The van der Waals surface area contributed by atoms with E-state index >= 15 is 0 Å². The molecule has 1 unspecified atom stereocenters. The molecule has 78 valence electrons. The summed E-state index contributed by atoms with van der Waals surface area (Å²) in [7, 11) is 1.60. The monoisotopic (exact) mass is 190 g/mol. The van der Waals surface area contributed by atoms with Crippen LogP contribution in [0.15, 0.2) is 0 Å². The maximum atomic E-state index is 11.0. The minimum Gasteiger partial charge on any atom is -0.394 e. The summed E-state index contributed by atoms with van der Waals surface area (Å²) in [5.74, 6) is -0.0397. The molecule has 0 aromatic rings. The number of carbonyl (C=O) groups is 1. The molecule has 0 aliphatic rings. The molecule has 0 aliphatic carbocycles. The standard InChI is InChI=1S/C8H18N2O3/c1-7(8(12)9-2)10-3-5-13-6-4-11/h7,10-11H,3-6H2,1-2H3,(H,9,12). The average Bonchev–Trinajstić information content (AvgIpc) is 2.16. The van der Waals surface area contributed by atoms with Crippen LogP contribution in [-0.4, -0.2) is 50.5 Å². The number of ether oxygens (including phenoxy) is 1. The number of carbonyl (C=O) groups excluding carboxylic acids is 1. The molecule has 0 heterocycles. The Morgan fingerprint density at radius 3 is 2.77 bits per heavy atom. The lowest BCUT2D eigenvalue weighted by Crippen LogP contribution is -2.41. The van der Waals surface area contributed by atoms with Crippen molar-refractivity contribution in [3.8, 4) is 0 Å². The lowest BCUT2D eigenvalue weighted by atomic mass is 10.3. The van der Waals surface area contributed by atoms with Gasteiger partial charge in [-0.3, -0.25) is 4.79 Å². The maximum absolute atomic E-state index is 11.0. The third kappa shape index (κ3) is 6.51. The van der Waals surface area contributed by atoms with E-state index in [2.05, 4.69) is 10.6 Å². The third-order valence-corrected chi connectivity index (χ3v) is 1.57. The Kier molecular flexibility index (Phi) is 7.57. The SMILES string of the molecule is CNC(=O)C(C)NCCOCCO. The van der Waals surface area contributed by atoms with Crippen molar-refractivity contribution in [2.45, 2.75) is 13.0 Å². The van der Waals surface area contributed by atoms with E-state index in [1.807, 2.05) is 0 Å². The van der Waals surface area contributed by atoms with E-state index in [1.54, 1.807) is 14.0 Å². The average molecular weight is 190 g/mol. The molecule has 0 radical (unpaired) electrons. The van der Waals surface area contributed by atoms with Gasteiger partial charge in [-0.05, 0) is 6.92 Å². The highest BCUT2D eigenvalue weighted by Gasteiger charge is 2.08. The zero-order chi connectivity index (χ0) is 10.1. The van der Waals surface area contributed by atoms with Crippen LogP contribution >= 0.6 is 0 Å². The van der Waals surface area contributed by atoms with Crippen molar-refractivity contribution in [3.63, 3.8) is 0 Å². The summed E-state index contributed by atoms with van der Waals surface area (Å²) in [6, 6.07) is -0.206. The number of aliphatic hydroxyl groups is 1. The molecule has 0 aromatic heterocycles. The van der Waals surface area contributed by atoms with E-state index in [0.29, 0.717) is 19.8 Å². The molecule has 0 aliphatic heterocycles. The fourth-order valence-electron chi connectivity index (χ4n) is 0.823. The van der Waals surface area contributed by atoms with E-state index in [0.717, 1.165) is 0 Å². The molecule has 0 bridgehead atoms. The quantitative estimate of drug-likeness (QED) is 0.437. The minimum atomic E-state index is -0.206. The first-order chi connectivity index (χ1) is 6.22. The first-order valence-corrected chi connectivity index (χ1v) is 4.36. The van der Waals surface area contributed by atoms with E-state index in [4.69, 9.17) is 9.84 Å². The molecule has 0 aromatic carbocycles. The summed E-state index contributed by atoms with van der Waals surface area (Å²) >= 11 is 0. The first kappa shape index (κ1) is 12.3. The van der Waals surface area contributed by atoms with Crippen LogP contribution < -0.4 is 10.6 Å². The number of hydrogen-bond donors (Lipinski definition) is 3. The zero-order valence-corrected chi connectivity index (χ0v) is 8.17. The topological polar surface area (TPSA) is 70.6 Å². The fraction of sp³-hybridized carbons (Fsp3) is 0.875. The van der Waals surface area contributed by atoms with Crippen molar-refractivity contribution in [2.75, 3.05) is 33.4 Å². The highest BCUT2D eigenvalue weighted by molar-refractivity contribution is 5.80. The Morgan fingerprint density at radius 2 is 2.23 bits per heavy atom. The van der Waals surface area contributed by atoms with Crippen molar-refractivity contribution >= 4 is 5.91 Å². The molecule has 3 N–H and O–H groups in total. The van der Waals surface area contributed by atoms with Gasteiger partial charge in [0.05, 0.1) is 25.9 Å². The summed E-state index contributed by atoms with van der Waals surface area (Å²) in [6.45, 7) is 3.27. The van der Waals surface area contributed by atoms with E-state index < -0.39 is 0 Å². The lowest BCUT2D eigenvalue weighted by molar-refractivity contribution is -0.122. The van der Waals surface area contributed by atoms with Gasteiger partial charge in [0, 0.05) is 13.6 Å². The lowest BCUT2D eigenvalue weighted by Gasteiger charge is -2.11. The zero-order valence-electron chi connectivity index (χ0n) is 8.17. The van der Waals surface area contributed by atoms with E-state index in [-0.39, 0.29) is 18.6 Å². The molecule has 0 saturated carbocycles. The molecular weight excluding hydrogens is 172 g/mol. The Labute approximate surface area is 78.5 Å². The van der Waals surface area contributed by atoms with Crippen molar-refractivity contribution in [1.82, 2.24) is 10.6 Å². The normalized spacial score (nSPS) is 12.5. The van der Waals surface area contributed by atoms with Crippen molar-refractivity contribution in [3.05, 3.63) is 0 Å². The first-order valence-electron chi connectivity index (χ1n) is 4.36. The molecule has 1 amide bonds. The number of aliphatic hydroxyl groups excluding tert-OH is 1. The van der Waals surface area contributed by atoms with Crippen molar-refractivity contribution in [1.29, 1.82) is 0 Å². The molecule has 1 atom stereocenters. The minimum absolute atomic E-state index is 0.0327. The second-order valence-electron chi connectivity index (χ2n) is 2.63.